The minimum Gasteiger partial charge on any atom is -0.462 e. The molecule has 1 saturated heterocycles. The lowest BCUT2D eigenvalue weighted by Crippen LogP contribution is -2.37. The molecule has 116 valence electrons. The SMILES string of the molecule is CCOC(=O)c1ccnc(N(C)CC2CCCN2C)c1N. The molecule has 0 saturated carbocycles. The van der Waals surface area contributed by atoms with Crippen molar-refractivity contribution in [2.75, 3.05) is 44.4 Å². The molecule has 0 amide bonds. The number of nitrogen functional groups attached to an aromatic ring is 1. The number of hydrogen-bond acceptors (Lipinski definition) is 6. The van der Waals surface area contributed by atoms with Crippen LogP contribution in [0.25, 0.3) is 0 Å². The van der Waals surface area contributed by atoms with E-state index in [1.807, 2.05) is 11.9 Å². The van der Waals surface area contributed by atoms with Gasteiger partial charge in [0.1, 0.15) is 0 Å². The fourth-order valence-corrected chi connectivity index (χ4v) is 2.77. The monoisotopic (exact) mass is 292 g/mol. The van der Waals surface area contributed by atoms with Gasteiger partial charge in [-0.05, 0) is 39.4 Å². The number of nitrogens with two attached hydrogens (primary N) is 1. The Kier molecular flexibility index (Phi) is 5.01. The fraction of sp³-hybridized carbons (Fsp3) is 0.600. The van der Waals surface area contributed by atoms with Crippen LogP contribution in [0, 0.1) is 0 Å². The Morgan fingerprint density at radius 2 is 2.38 bits per heavy atom. The van der Waals surface area contributed by atoms with E-state index in [9.17, 15) is 4.79 Å². The standard InChI is InChI=1S/C15H24N4O2/c1-4-21-15(20)12-7-8-17-14(13(12)16)19(3)10-11-6-5-9-18(11)2/h7-8,11H,4-6,9-10,16H2,1-3H3. The summed E-state index contributed by atoms with van der Waals surface area (Å²) in [6, 6.07) is 2.11. The van der Waals surface area contributed by atoms with Crippen LogP contribution < -0.4 is 10.6 Å². The lowest BCUT2D eigenvalue weighted by Gasteiger charge is -2.27. The quantitative estimate of drug-likeness (QED) is 0.827. The summed E-state index contributed by atoms with van der Waals surface area (Å²) in [4.78, 5) is 20.6. The highest BCUT2D eigenvalue weighted by atomic mass is 16.5. The van der Waals surface area contributed by atoms with E-state index in [1.54, 1.807) is 19.2 Å². The van der Waals surface area contributed by atoms with Crippen molar-refractivity contribution >= 4 is 17.5 Å². The van der Waals surface area contributed by atoms with E-state index in [2.05, 4.69) is 16.9 Å². The summed E-state index contributed by atoms with van der Waals surface area (Å²) >= 11 is 0. The molecule has 1 aliphatic heterocycles. The maximum absolute atomic E-state index is 11.9. The Balaban J connectivity index is 2.15. The highest BCUT2D eigenvalue weighted by Crippen LogP contribution is 2.25. The second-order valence-electron chi connectivity index (χ2n) is 5.47. The van der Waals surface area contributed by atoms with Crippen LogP contribution in [-0.2, 0) is 4.74 Å². The third-order valence-corrected chi connectivity index (χ3v) is 3.98. The van der Waals surface area contributed by atoms with E-state index in [4.69, 9.17) is 10.5 Å². The lowest BCUT2D eigenvalue weighted by atomic mass is 10.2. The minimum absolute atomic E-state index is 0.332. The fourth-order valence-electron chi connectivity index (χ4n) is 2.77. The van der Waals surface area contributed by atoms with E-state index in [-0.39, 0.29) is 0 Å². The highest BCUT2D eigenvalue weighted by Gasteiger charge is 2.24. The van der Waals surface area contributed by atoms with Crippen molar-refractivity contribution in [3.63, 3.8) is 0 Å². The Bertz CT molecular complexity index is 506. The maximum Gasteiger partial charge on any atom is 0.340 e. The Morgan fingerprint density at radius 1 is 1.62 bits per heavy atom. The van der Waals surface area contributed by atoms with Crippen molar-refractivity contribution in [3.8, 4) is 0 Å². The molecule has 1 atom stereocenters. The second kappa shape index (κ2) is 6.76. The van der Waals surface area contributed by atoms with Gasteiger partial charge in [-0.1, -0.05) is 0 Å². The molecule has 0 aromatic carbocycles. The largest absolute Gasteiger partial charge is 0.462 e. The third kappa shape index (κ3) is 3.44. The summed E-state index contributed by atoms with van der Waals surface area (Å²) in [5, 5.41) is 0. The molecule has 6 heteroatoms. The van der Waals surface area contributed by atoms with Crippen molar-refractivity contribution in [3.05, 3.63) is 17.8 Å². The zero-order valence-electron chi connectivity index (χ0n) is 13.0. The molecular formula is C15H24N4O2. The minimum atomic E-state index is -0.398. The van der Waals surface area contributed by atoms with Crippen molar-refractivity contribution in [1.82, 2.24) is 9.88 Å². The highest BCUT2D eigenvalue weighted by molar-refractivity contribution is 5.97. The topological polar surface area (TPSA) is 71.7 Å². The zero-order valence-corrected chi connectivity index (χ0v) is 13.0. The van der Waals surface area contributed by atoms with Crippen LogP contribution in [0.2, 0.25) is 0 Å². The van der Waals surface area contributed by atoms with Gasteiger partial charge in [0.15, 0.2) is 5.82 Å². The first-order valence-electron chi connectivity index (χ1n) is 7.37. The van der Waals surface area contributed by atoms with Gasteiger partial charge in [0.25, 0.3) is 0 Å². The van der Waals surface area contributed by atoms with E-state index in [1.165, 1.54) is 12.8 Å². The predicted octanol–water partition coefficient (Wildman–Crippen LogP) is 1.37. The van der Waals surface area contributed by atoms with Crippen molar-refractivity contribution in [1.29, 1.82) is 0 Å². The third-order valence-electron chi connectivity index (χ3n) is 3.98. The average Bonchev–Trinajstić information content (AvgIpc) is 2.84. The molecule has 21 heavy (non-hydrogen) atoms. The second-order valence-corrected chi connectivity index (χ2v) is 5.47. The Hall–Kier alpha value is -1.82. The van der Waals surface area contributed by atoms with E-state index >= 15 is 0 Å². The van der Waals surface area contributed by atoms with Gasteiger partial charge in [-0.2, -0.15) is 0 Å². The molecule has 1 aromatic rings. The van der Waals surface area contributed by atoms with Gasteiger partial charge in [-0.25, -0.2) is 9.78 Å². The van der Waals surface area contributed by atoms with Crippen LogP contribution in [-0.4, -0.2) is 55.7 Å². The van der Waals surface area contributed by atoms with Gasteiger partial charge in [-0.15, -0.1) is 0 Å². The van der Waals surface area contributed by atoms with Crippen molar-refractivity contribution < 1.29 is 9.53 Å². The number of nitrogens with zero attached hydrogens (tertiary/aromatic N) is 3. The first-order chi connectivity index (χ1) is 10.0. The molecule has 0 radical (unpaired) electrons. The van der Waals surface area contributed by atoms with Crippen LogP contribution in [0.15, 0.2) is 12.3 Å². The average molecular weight is 292 g/mol. The van der Waals surface area contributed by atoms with Gasteiger partial charge in [-0.3, -0.25) is 0 Å². The van der Waals surface area contributed by atoms with Gasteiger partial charge >= 0.3 is 5.97 Å². The predicted molar refractivity (Wildman–Crippen MR) is 83.5 cm³/mol. The number of esters is 1. The van der Waals surface area contributed by atoms with Gasteiger partial charge in [0.05, 0.1) is 17.9 Å². The molecular weight excluding hydrogens is 268 g/mol. The van der Waals surface area contributed by atoms with Crippen LogP contribution in [0.3, 0.4) is 0 Å². The molecule has 6 nitrogen and oxygen atoms in total. The molecule has 0 bridgehead atoms. The number of likely N-dealkylation sites (N-methyl/N-ethyl adjacent to an activating group) is 2. The number of pyridine rings is 1. The van der Waals surface area contributed by atoms with Crippen LogP contribution >= 0.6 is 0 Å². The molecule has 0 spiro atoms. The van der Waals surface area contributed by atoms with E-state index in [0.29, 0.717) is 29.7 Å². The van der Waals surface area contributed by atoms with Crippen molar-refractivity contribution in [2.45, 2.75) is 25.8 Å². The summed E-state index contributed by atoms with van der Waals surface area (Å²) in [6.07, 6.45) is 4.01. The number of anilines is 2. The van der Waals surface area contributed by atoms with Gasteiger partial charge in [0.2, 0.25) is 0 Å². The number of carbonyl (C=O) groups is 1. The molecule has 2 rings (SSSR count). The summed E-state index contributed by atoms with van der Waals surface area (Å²) in [5.41, 5.74) is 6.88. The zero-order chi connectivity index (χ0) is 15.4. The number of rotatable bonds is 5. The number of likely N-dealkylation sites (tertiary alicyclic amines) is 1. The summed E-state index contributed by atoms with van der Waals surface area (Å²) in [5.74, 6) is 0.242. The Labute approximate surface area is 125 Å². The molecule has 1 aliphatic rings. The molecule has 1 aromatic heterocycles. The van der Waals surface area contributed by atoms with Gasteiger partial charge in [0, 0.05) is 25.8 Å². The molecule has 2 heterocycles. The van der Waals surface area contributed by atoms with E-state index in [0.717, 1.165) is 13.1 Å². The van der Waals surface area contributed by atoms with Crippen molar-refractivity contribution in [2.24, 2.45) is 0 Å². The summed E-state index contributed by atoms with van der Waals surface area (Å²) in [6.45, 7) is 4.08. The normalized spacial score (nSPS) is 18.7. The smallest absolute Gasteiger partial charge is 0.340 e. The molecule has 1 fully saturated rings. The molecule has 1 unspecified atom stereocenters. The van der Waals surface area contributed by atoms with Crippen LogP contribution in [0.1, 0.15) is 30.1 Å². The lowest BCUT2D eigenvalue weighted by molar-refractivity contribution is 0.0527. The number of hydrogen-bond donors (Lipinski definition) is 1. The van der Waals surface area contributed by atoms with E-state index < -0.39 is 5.97 Å². The summed E-state index contributed by atoms with van der Waals surface area (Å²) in [7, 11) is 4.09. The summed E-state index contributed by atoms with van der Waals surface area (Å²) < 4.78 is 5.02. The first kappa shape index (κ1) is 15.6. The van der Waals surface area contributed by atoms with Gasteiger partial charge < -0.3 is 20.3 Å². The van der Waals surface area contributed by atoms with Crippen LogP contribution in [0.5, 0.6) is 0 Å². The molecule has 2 N–H and O–H groups in total. The number of aromatic nitrogens is 1. The Morgan fingerprint density at radius 3 is 3.00 bits per heavy atom. The first-order valence-corrected chi connectivity index (χ1v) is 7.37. The number of carbonyl (C=O) groups excluding carboxylic acids is 1. The maximum atomic E-state index is 11.9. The number of ether oxygens (including phenoxy) is 1. The molecule has 0 aliphatic carbocycles. The van der Waals surface area contributed by atoms with Crippen LogP contribution in [0.4, 0.5) is 11.5 Å².